The molecule has 1 aliphatic carbocycles. The van der Waals surface area contributed by atoms with Gasteiger partial charge in [-0.2, -0.15) is 4.31 Å². The van der Waals surface area contributed by atoms with Crippen LogP contribution in [0.15, 0.2) is 29.2 Å². The van der Waals surface area contributed by atoms with Crippen molar-refractivity contribution in [3.8, 4) is 0 Å². The van der Waals surface area contributed by atoms with Gasteiger partial charge in [-0.25, -0.2) is 12.8 Å². The van der Waals surface area contributed by atoms with E-state index in [4.69, 9.17) is 0 Å². The van der Waals surface area contributed by atoms with Crippen molar-refractivity contribution in [1.82, 2.24) is 14.9 Å². The molecule has 1 aliphatic heterocycles. The molecule has 9 heteroatoms. The monoisotopic (exact) mass is 383 g/mol. The zero-order valence-electron chi connectivity index (χ0n) is 14.3. The van der Waals surface area contributed by atoms with Crippen LogP contribution in [0.25, 0.3) is 0 Å². The van der Waals surface area contributed by atoms with Crippen LogP contribution in [0.1, 0.15) is 25.7 Å². The molecule has 2 N–H and O–H groups in total. The molecule has 142 valence electrons. The first kappa shape index (κ1) is 18.8. The molecular formula is C17H22FN3O4S. The standard InChI is InChI=1S/C17H22FN3O4S/c18-13-3-7-15(8-4-13)26(24,25)21-9-1-2-12(11-21)17(23)19-10-16(22)20-14-5-6-14/h3-4,7-8,12,14H,1-2,5-6,9-11H2,(H,19,23)(H,20,22)/t12-/m1/s1. The number of sulfonamides is 1. The number of hydrogen-bond acceptors (Lipinski definition) is 4. The Labute approximate surface area is 152 Å². The van der Waals surface area contributed by atoms with Crippen molar-refractivity contribution in [2.24, 2.45) is 5.92 Å². The first-order valence-electron chi connectivity index (χ1n) is 8.69. The van der Waals surface area contributed by atoms with Crippen molar-refractivity contribution < 1.29 is 22.4 Å². The molecule has 0 unspecified atom stereocenters. The van der Waals surface area contributed by atoms with Crippen molar-refractivity contribution in [2.75, 3.05) is 19.6 Å². The largest absolute Gasteiger partial charge is 0.352 e. The molecule has 1 atom stereocenters. The summed E-state index contributed by atoms with van der Waals surface area (Å²) in [6, 6.07) is 4.86. The Kier molecular flexibility index (Phi) is 5.57. The Morgan fingerprint density at radius 2 is 1.85 bits per heavy atom. The average Bonchev–Trinajstić information content (AvgIpc) is 3.44. The van der Waals surface area contributed by atoms with Crippen molar-refractivity contribution in [2.45, 2.75) is 36.6 Å². The van der Waals surface area contributed by atoms with Crippen LogP contribution in [0.2, 0.25) is 0 Å². The number of halogens is 1. The highest BCUT2D eigenvalue weighted by atomic mass is 32.2. The lowest BCUT2D eigenvalue weighted by atomic mass is 9.99. The molecule has 2 amide bonds. The van der Waals surface area contributed by atoms with Crippen molar-refractivity contribution in [3.05, 3.63) is 30.1 Å². The normalized spacial score (nSPS) is 21.2. The Hall–Kier alpha value is -2.00. The summed E-state index contributed by atoms with van der Waals surface area (Å²) >= 11 is 0. The van der Waals surface area contributed by atoms with Crippen molar-refractivity contribution >= 4 is 21.8 Å². The molecule has 0 bridgehead atoms. The predicted molar refractivity (Wildman–Crippen MR) is 92.1 cm³/mol. The Morgan fingerprint density at radius 3 is 2.50 bits per heavy atom. The molecule has 1 aromatic carbocycles. The highest BCUT2D eigenvalue weighted by molar-refractivity contribution is 7.89. The van der Waals surface area contributed by atoms with Crippen LogP contribution >= 0.6 is 0 Å². The lowest BCUT2D eigenvalue weighted by Gasteiger charge is -2.31. The van der Waals surface area contributed by atoms with Crippen molar-refractivity contribution in [1.29, 1.82) is 0 Å². The molecular weight excluding hydrogens is 361 g/mol. The van der Waals surface area contributed by atoms with Crippen molar-refractivity contribution in [3.63, 3.8) is 0 Å². The van der Waals surface area contributed by atoms with Crippen LogP contribution in [0, 0.1) is 11.7 Å². The highest BCUT2D eigenvalue weighted by Gasteiger charge is 2.33. The van der Waals surface area contributed by atoms with E-state index in [-0.39, 0.29) is 35.8 Å². The van der Waals surface area contributed by atoms with Gasteiger partial charge in [0.25, 0.3) is 0 Å². The maximum absolute atomic E-state index is 13.0. The summed E-state index contributed by atoms with van der Waals surface area (Å²) in [4.78, 5) is 24.0. The fourth-order valence-electron chi connectivity index (χ4n) is 2.95. The first-order valence-corrected chi connectivity index (χ1v) is 10.1. The molecule has 0 spiro atoms. The number of hydrogen-bond donors (Lipinski definition) is 2. The van der Waals surface area contributed by atoms with Crippen LogP contribution in [-0.2, 0) is 19.6 Å². The van der Waals surface area contributed by atoms with Crippen LogP contribution in [0.3, 0.4) is 0 Å². The SMILES string of the molecule is O=C(CNC(=O)[C@@H]1CCCN(S(=O)(=O)c2ccc(F)cc2)C1)NC1CC1. The van der Waals surface area contributed by atoms with E-state index in [2.05, 4.69) is 10.6 Å². The molecule has 7 nitrogen and oxygen atoms in total. The maximum Gasteiger partial charge on any atom is 0.243 e. The van der Waals surface area contributed by atoms with E-state index >= 15 is 0 Å². The number of carbonyl (C=O) groups is 2. The summed E-state index contributed by atoms with van der Waals surface area (Å²) in [7, 11) is -3.78. The van der Waals surface area contributed by atoms with Gasteiger partial charge in [-0.05, 0) is 49.9 Å². The van der Waals surface area contributed by atoms with E-state index < -0.39 is 21.8 Å². The van der Waals surface area contributed by atoms with Gasteiger partial charge in [-0.15, -0.1) is 0 Å². The number of piperidine rings is 1. The smallest absolute Gasteiger partial charge is 0.243 e. The number of carbonyl (C=O) groups excluding carboxylic acids is 2. The summed E-state index contributed by atoms with van der Waals surface area (Å²) in [6.07, 6.45) is 3.05. The maximum atomic E-state index is 13.0. The molecule has 0 aromatic heterocycles. The number of nitrogens with one attached hydrogen (secondary N) is 2. The van der Waals surface area contributed by atoms with E-state index in [1.54, 1.807) is 0 Å². The lowest BCUT2D eigenvalue weighted by Crippen LogP contribution is -2.47. The number of benzene rings is 1. The van der Waals surface area contributed by atoms with Gasteiger partial charge in [-0.3, -0.25) is 9.59 Å². The topological polar surface area (TPSA) is 95.6 Å². The van der Waals surface area contributed by atoms with Gasteiger partial charge in [-0.1, -0.05) is 0 Å². The summed E-state index contributed by atoms with van der Waals surface area (Å²) in [5.41, 5.74) is 0. The predicted octanol–water partition coefficient (Wildman–Crippen LogP) is 0.621. The summed E-state index contributed by atoms with van der Waals surface area (Å²) in [5.74, 6) is -1.57. The minimum absolute atomic E-state index is 0.00349. The van der Waals surface area contributed by atoms with E-state index in [9.17, 15) is 22.4 Å². The summed E-state index contributed by atoms with van der Waals surface area (Å²) in [6.45, 7) is 0.262. The molecule has 1 heterocycles. The zero-order valence-corrected chi connectivity index (χ0v) is 15.1. The Bertz CT molecular complexity index is 778. The Morgan fingerprint density at radius 1 is 1.15 bits per heavy atom. The summed E-state index contributed by atoms with van der Waals surface area (Å²) < 4.78 is 39.6. The fraction of sp³-hybridized carbons (Fsp3) is 0.529. The van der Waals surface area contributed by atoms with Gasteiger partial charge in [0.1, 0.15) is 5.82 Å². The molecule has 26 heavy (non-hydrogen) atoms. The second-order valence-corrected chi connectivity index (χ2v) is 8.65. The molecule has 2 aliphatic rings. The van der Waals surface area contributed by atoms with Gasteiger partial charge in [0, 0.05) is 19.1 Å². The van der Waals surface area contributed by atoms with Gasteiger partial charge < -0.3 is 10.6 Å². The zero-order chi connectivity index (χ0) is 18.7. The van der Waals surface area contributed by atoms with E-state index in [0.717, 1.165) is 25.0 Å². The Balaban J connectivity index is 1.58. The number of rotatable bonds is 6. The highest BCUT2D eigenvalue weighted by Crippen LogP contribution is 2.24. The molecule has 1 saturated carbocycles. The lowest BCUT2D eigenvalue weighted by molar-refractivity contribution is -0.129. The van der Waals surface area contributed by atoms with E-state index in [1.165, 1.54) is 16.4 Å². The average molecular weight is 383 g/mol. The quantitative estimate of drug-likeness (QED) is 0.753. The van der Waals surface area contributed by atoms with Crippen LogP contribution < -0.4 is 10.6 Å². The second kappa shape index (κ2) is 7.71. The fourth-order valence-corrected chi connectivity index (χ4v) is 4.47. The molecule has 2 fully saturated rings. The van der Waals surface area contributed by atoms with Gasteiger partial charge >= 0.3 is 0 Å². The second-order valence-electron chi connectivity index (χ2n) is 6.72. The van der Waals surface area contributed by atoms with Gasteiger partial charge in [0.2, 0.25) is 21.8 Å². The van der Waals surface area contributed by atoms with E-state index in [0.29, 0.717) is 19.4 Å². The minimum atomic E-state index is -3.78. The third-order valence-corrected chi connectivity index (χ3v) is 6.45. The first-order chi connectivity index (χ1) is 12.4. The summed E-state index contributed by atoms with van der Waals surface area (Å²) in [5, 5.41) is 5.36. The third-order valence-electron chi connectivity index (χ3n) is 4.57. The third kappa shape index (κ3) is 4.59. The van der Waals surface area contributed by atoms with Crippen LogP contribution in [0.4, 0.5) is 4.39 Å². The molecule has 3 rings (SSSR count). The van der Waals surface area contributed by atoms with Crippen LogP contribution in [0.5, 0.6) is 0 Å². The van der Waals surface area contributed by atoms with Crippen LogP contribution in [-0.4, -0.2) is 50.2 Å². The van der Waals surface area contributed by atoms with Gasteiger partial charge in [0.15, 0.2) is 0 Å². The van der Waals surface area contributed by atoms with Gasteiger partial charge in [0.05, 0.1) is 17.4 Å². The minimum Gasteiger partial charge on any atom is -0.352 e. The molecule has 0 radical (unpaired) electrons. The number of amides is 2. The van der Waals surface area contributed by atoms with E-state index in [1.807, 2.05) is 0 Å². The molecule has 1 saturated heterocycles. The molecule has 1 aromatic rings. The number of nitrogens with zero attached hydrogens (tertiary/aromatic N) is 1.